The van der Waals surface area contributed by atoms with Crippen LogP contribution in [0.2, 0.25) is 0 Å². The van der Waals surface area contributed by atoms with E-state index in [1.54, 1.807) is 0 Å². The molecule has 1 aromatic carbocycles. The Bertz CT molecular complexity index is 651. The summed E-state index contributed by atoms with van der Waals surface area (Å²) in [6.07, 6.45) is 0.204. The molecule has 0 amide bonds. The van der Waals surface area contributed by atoms with Gasteiger partial charge in [-0.1, -0.05) is 26.0 Å². The van der Waals surface area contributed by atoms with Crippen LogP contribution in [0.4, 0.5) is 0 Å². The molecule has 0 saturated heterocycles. The smallest absolute Gasteiger partial charge is 0.337 e. The number of aliphatic carboxylic acids is 1. The first-order valence-corrected chi connectivity index (χ1v) is 8.70. The minimum Gasteiger partial charge on any atom is -0.480 e. The molecule has 0 aliphatic carbocycles. The number of benzene rings is 1. The zero-order valence-electron chi connectivity index (χ0n) is 13.3. The van der Waals surface area contributed by atoms with Crippen molar-refractivity contribution in [1.29, 1.82) is 0 Å². The standard InChI is InChI=1S/C15H21NO6S/c1-10(2)8-13(14(17)18)16-23(20,21)9-11-4-6-12(7-5-11)15(19)22-3/h4-7,10,13,16H,8-9H2,1-3H3,(H,17,18). The monoisotopic (exact) mass is 343 g/mol. The molecular weight excluding hydrogens is 322 g/mol. The van der Waals surface area contributed by atoms with Crippen LogP contribution in [0.5, 0.6) is 0 Å². The lowest BCUT2D eigenvalue weighted by molar-refractivity contribution is -0.139. The number of carbonyl (C=O) groups excluding carboxylic acids is 1. The van der Waals surface area contributed by atoms with Crippen LogP contribution in [-0.2, 0) is 25.3 Å². The highest BCUT2D eigenvalue weighted by Crippen LogP contribution is 2.11. The van der Waals surface area contributed by atoms with E-state index in [4.69, 9.17) is 5.11 Å². The first kappa shape index (κ1) is 19.1. The average Bonchev–Trinajstić information content (AvgIpc) is 2.45. The Morgan fingerprint density at radius 1 is 1.22 bits per heavy atom. The summed E-state index contributed by atoms with van der Waals surface area (Å²) in [5.74, 6) is -2.04. The van der Waals surface area contributed by atoms with Gasteiger partial charge in [0, 0.05) is 0 Å². The molecule has 7 nitrogen and oxygen atoms in total. The second-order valence-corrected chi connectivity index (χ2v) is 7.34. The van der Waals surface area contributed by atoms with Gasteiger partial charge >= 0.3 is 11.9 Å². The third-order valence-corrected chi connectivity index (χ3v) is 4.42. The van der Waals surface area contributed by atoms with Gasteiger partial charge in [-0.2, -0.15) is 0 Å². The Hall–Kier alpha value is -1.93. The van der Waals surface area contributed by atoms with Gasteiger partial charge in [0.2, 0.25) is 10.0 Å². The van der Waals surface area contributed by atoms with Gasteiger partial charge in [-0.05, 0) is 30.0 Å². The lowest BCUT2D eigenvalue weighted by Crippen LogP contribution is -2.42. The number of carbonyl (C=O) groups is 2. The fraction of sp³-hybridized carbons (Fsp3) is 0.467. The molecule has 1 rings (SSSR count). The third-order valence-electron chi connectivity index (χ3n) is 3.06. The molecule has 1 aromatic rings. The summed E-state index contributed by atoms with van der Waals surface area (Å²) in [4.78, 5) is 22.5. The summed E-state index contributed by atoms with van der Waals surface area (Å²) in [5.41, 5.74) is 0.753. The number of rotatable bonds is 8. The molecule has 8 heteroatoms. The van der Waals surface area contributed by atoms with Gasteiger partial charge in [0.05, 0.1) is 18.4 Å². The van der Waals surface area contributed by atoms with E-state index < -0.39 is 28.0 Å². The topological polar surface area (TPSA) is 110 Å². The number of carboxylic acid groups (broad SMARTS) is 1. The number of nitrogens with one attached hydrogen (secondary N) is 1. The van der Waals surface area contributed by atoms with Crippen molar-refractivity contribution >= 4 is 22.0 Å². The van der Waals surface area contributed by atoms with Crippen molar-refractivity contribution in [3.8, 4) is 0 Å². The number of hydrogen-bond acceptors (Lipinski definition) is 5. The van der Waals surface area contributed by atoms with Crippen molar-refractivity contribution in [2.45, 2.75) is 32.1 Å². The SMILES string of the molecule is COC(=O)c1ccc(CS(=O)(=O)NC(CC(C)C)C(=O)O)cc1. The molecule has 23 heavy (non-hydrogen) atoms. The Balaban J connectivity index is 2.81. The summed E-state index contributed by atoms with van der Waals surface area (Å²) in [6.45, 7) is 3.63. The van der Waals surface area contributed by atoms with E-state index in [-0.39, 0.29) is 18.1 Å². The first-order valence-electron chi connectivity index (χ1n) is 7.04. The zero-order valence-corrected chi connectivity index (χ0v) is 14.1. The fourth-order valence-electron chi connectivity index (χ4n) is 2.00. The van der Waals surface area contributed by atoms with Gasteiger partial charge < -0.3 is 9.84 Å². The molecule has 0 aliphatic heterocycles. The minimum atomic E-state index is -3.81. The Kier molecular flexibility index (Phi) is 6.71. The van der Waals surface area contributed by atoms with Crippen molar-refractivity contribution in [2.24, 2.45) is 5.92 Å². The third kappa shape index (κ3) is 6.37. The zero-order chi connectivity index (χ0) is 17.6. The maximum absolute atomic E-state index is 12.1. The first-order chi connectivity index (χ1) is 10.6. The number of ether oxygens (including phenoxy) is 1. The maximum Gasteiger partial charge on any atom is 0.337 e. The number of esters is 1. The minimum absolute atomic E-state index is 0.0399. The van der Waals surface area contributed by atoms with Crippen LogP contribution in [0, 0.1) is 5.92 Å². The Labute approximate surface area is 135 Å². The number of carboxylic acids is 1. The molecule has 0 radical (unpaired) electrons. The van der Waals surface area contributed by atoms with E-state index in [0.29, 0.717) is 11.1 Å². The highest BCUT2D eigenvalue weighted by atomic mass is 32.2. The summed E-state index contributed by atoms with van der Waals surface area (Å²) >= 11 is 0. The molecule has 1 unspecified atom stereocenters. The van der Waals surface area contributed by atoms with Crippen LogP contribution in [0.15, 0.2) is 24.3 Å². The van der Waals surface area contributed by atoms with Gasteiger partial charge in [-0.3, -0.25) is 4.79 Å². The van der Waals surface area contributed by atoms with Crippen LogP contribution in [0.25, 0.3) is 0 Å². The normalized spacial score (nSPS) is 12.9. The van der Waals surface area contributed by atoms with Crippen molar-refractivity contribution < 1.29 is 27.9 Å². The predicted molar refractivity (Wildman–Crippen MR) is 84.4 cm³/mol. The Morgan fingerprint density at radius 3 is 2.22 bits per heavy atom. The molecule has 0 fully saturated rings. The van der Waals surface area contributed by atoms with Gasteiger partial charge in [0.25, 0.3) is 0 Å². The summed E-state index contributed by atoms with van der Waals surface area (Å²) in [7, 11) is -2.55. The summed E-state index contributed by atoms with van der Waals surface area (Å²) in [6, 6.07) is 4.74. The van der Waals surface area contributed by atoms with Crippen molar-refractivity contribution in [2.75, 3.05) is 7.11 Å². The second kappa shape index (κ2) is 8.07. The Morgan fingerprint density at radius 2 is 1.78 bits per heavy atom. The van der Waals surface area contributed by atoms with Crippen molar-refractivity contribution in [3.05, 3.63) is 35.4 Å². The van der Waals surface area contributed by atoms with Gasteiger partial charge in [0.15, 0.2) is 0 Å². The quantitative estimate of drug-likeness (QED) is 0.690. The molecule has 2 N–H and O–H groups in total. The van der Waals surface area contributed by atoms with Gasteiger partial charge in [0.1, 0.15) is 6.04 Å². The highest BCUT2D eigenvalue weighted by molar-refractivity contribution is 7.88. The summed E-state index contributed by atoms with van der Waals surface area (Å²) < 4.78 is 31.0. The highest BCUT2D eigenvalue weighted by Gasteiger charge is 2.25. The van der Waals surface area contributed by atoms with E-state index in [1.165, 1.54) is 31.4 Å². The molecule has 0 spiro atoms. The molecule has 0 heterocycles. The molecular formula is C15H21NO6S. The predicted octanol–water partition coefficient (Wildman–Crippen LogP) is 1.39. The van der Waals surface area contributed by atoms with Crippen LogP contribution in [0.1, 0.15) is 36.2 Å². The van der Waals surface area contributed by atoms with Crippen molar-refractivity contribution in [1.82, 2.24) is 4.72 Å². The van der Waals surface area contributed by atoms with Crippen LogP contribution >= 0.6 is 0 Å². The van der Waals surface area contributed by atoms with Crippen LogP contribution in [-0.4, -0.2) is 38.6 Å². The van der Waals surface area contributed by atoms with E-state index in [1.807, 2.05) is 13.8 Å². The largest absolute Gasteiger partial charge is 0.480 e. The lowest BCUT2D eigenvalue weighted by atomic mass is 10.1. The molecule has 128 valence electrons. The van der Waals surface area contributed by atoms with E-state index in [2.05, 4.69) is 9.46 Å². The fourth-order valence-corrected chi connectivity index (χ4v) is 3.35. The second-order valence-electron chi connectivity index (χ2n) is 5.59. The number of methoxy groups -OCH3 is 1. The maximum atomic E-state index is 12.1. The van der Waals surface area contributed by atoms with Gasteiger partial charge in [-0.25, -0.2) is 17.9 Å². The molecule has 0 aliphatic rings. The van der Waals surface area contributed by atoms with Gasteiger partial charge in [-0.15, -0.1) is 0 Å². The molecule has 0 saturated carbocycles. The average molecular weight is 343 g/mol. The molecule has 0 aromatic heterocycles. The summed E-state index contributed by atoms with van der Waals surface area (Å²) in [5, 5.41) is 9.10. The molecule has 0 bridgehead atoms. The number of hydrogen-bond donors (Lipinski definition) is 2. The van der Waals surface area contributed by atoms with E-state index in [0.717, 1.165) is 0 Å². The van der Waals surface area contributed by atoms with Crippen molar-refractivity contribution in [3.63, 3.8) is 0 Å². The van der Waals surface area contributed by atoms with Crippen LogP contribution < -0.4 is 4.72 Å². The van der Waals surface area contributed by atoms with E-state index in [9.17, 15) is 18.0 Å². The van der Waals surface area contributed by atoms with Crippen LogP contribution in [0.3, 0.4) is 0 Å². The lowest BCUT2D eigenvalue weighted by Gasteiger charge is -2.16. The molecule has 1 atom stereocenters. The number of sulfonamides is 1. The van der Waals surface area contributed by atoms with E-state index >= 15 is 0 Å².